The van der Waals surface area contributed by atoms with Crippen molar-refractivity contribution in [1.29, 1.82) is 0 Å². The molecule has 122 valence electrons. The van der Waals surface area contributed by atoms with Gasteiger partial charge in [-0.05, 0) is 18.2 Å². The van der Waals surface area contributed by atoms with Gasteiger partial charge in [0.2, 0.25) is 0 Å². The molecule has 0 bridgehead atoms. The minimum Gasteiger partial charge on any atom is -0.444 e. The van der Waals surface area contributed by atoms with Gasteiger partial charge in [0.25, 0.3) is 0 Å². The summed E-state index contributed by atoms with van der Waals surface area (Å²) in [6, 6.07) is 17.7. The van der Waals surface area contributed by atoms with Gasteiger partial charge in [0.05, 0.1) is 6.10 Å². The minimum atomic E-state index is -1.35. The van der Waals surface area contributed by atoms with Gasteiger partial charge >= 0.3 is 5.97 Å². The number of aliphatic hydroxyl groups is 2. The number of nitrogens with one attached hydrogen (secondary N) is 1. The van der Waals surface area contributed by atoms with Crippen LogP contribution in [0.15, 0.2) is 60.7 Å². The fourth-order valence-corrected chi connectivity index (χ4v) is 2.22. The maximum absolute atomic E-state index is 12.0. The maximum atomic E-state index is 12.0. The summed E-state index contributed by atoms with van der Waals surface area (Å²) in [7, 11) is 1.63. The number of rotatable bonds is 7. The highest BCUT2D eigenvalue weighted by Crippen LogP contribution is 2.20. The molecule has 5 nitrogen and oxygen atoms in total. The van der Waals surface area contributed by atoms with Crippen molar-refractivity contribution >= 4 is 5.97 Å². The minimum absolute atomic E-state index is 0.188. The number of carbonyl (C=O) groups is 1. The molecule has 0 fully saturated rings. The predicted molar refractivity (Wildman–Crippen MR) is 86.4 cm³/mol. The van der Waals surface area contributed by atoms with Gasteiger partial charge in [0.15, 0.2) is 12.3 Å². The zero-order valence-electron chi connectivity index (χ0n) is 12.9. The van der Waals surface area contributed by atoms with Crippen LogP contribution in [0.1, 0.15) is 29.8 Å². The Morgan fingerprint density at radius 3 is 2.04 bits per heavy atom. The molecule has 0 radical (unpaired) electrons. The van der Waals surface area contributed by atoms with Crippen LogP contribution in [-0.2, 0) is 9.53 Å². The standard InChI is InChI=1S/C18H21NO4/c1-19-16(12-15(20)13-8-4-2-5-9-13)23-18(22)17(21)14-10-6-3-7-11-14/h2-11,15-17,19-21H,12H2,1H3/t15-,16?,17-/m1/s1. The number of benzene rings is 2. The van der Waals surface area contributed by atoms with E-state index in [4.69, 9.17) is 4.74 Å². The normalized spacial score (nSPS) is 14.7. The molecule has 0 aliphatic rings. The molecular weight excluding hydrogens is 294 g/mol. The van der Waals surface area contributed by atoms with Gasteiger partial charge in [0.1, 0.15) is 0 Å². The zero-order chi connectivity index (χ0) is 16.7. The van der Waals surface area contributed by atoms with Crippen LogP contribution in [0.25, 0.3) is 0 Å². The molecule has 0 spiro atoms. The zero-order valence-corrected chi connectivity index (χ0v) is 12.9. The Morgan fingerprint density at radius 1 is 1.00 bits per heavy atom. The Kier molecular flexibility index (Phi) is 6.29. The molecule has 3 N–H and O–H groups in total. The highest BCUT2D eigenvalue weighted by Gasteiger charge is 2.24. The van der Waals surface area contributed by atoms with E-state index in [0.717, 1.165) is 5.56 Å². The topological polar surface area (TPSA) is 78.8 Å². The fraction of sp³-hybridized carbons (Fsp3) is 0.278. The van der Waals surface area contributed by atoms with Crippen LogP contribution in [0, 0.1) is 0 Å². The van der Waals surface area contributed by atoms with Gasteiger partial charge in [-0.2, -0.15) is 0 Å². The Bertz CT molecular complexity index is 603. The van der Waals surface area contributed by atoms with Crippen LogP contribution in [0.3, 0.4) is 0 Å². The SMILES string of the molecule is CNC(C[C@@H](O)c1ccccc1)OC(=O)[C@H](O)c1ccccc1. The van der Waals surface area contributed by atoms with E-state index >= 15 is 0 Å². The van der Waals surface area contributed by atoms with E-state index < -0.39 is 24.4 Å². The molecule has 0 saturated heterocycles. The first-order valence-electron chi connectivity index (χ1n) is 7.45. The number of carbonyl (C=O) groups excluding carboxylic acids is 1. The molecule has 0 aliphatic heterocycles. The van der Waals surface area contributed by atoms with E-state index in [-0.39, 0.29) is 6.42 Å². The molecule has 2 aromatic rings. The van der Waals surface area contributed by atoms with Crippen molar-refractivity contribution in [3.8, 4) is 0 Å². The van der Waals surface area contributed by atoms with Crippen LogP contribution >= 0.6 is 0 Å². The van der Waals surface area contributed by atoms with Gasteiger partial charge in [-0.25, -0.2) is 4.79 Å². The van der Waals surface area contributed by atoms with Gasteiger partial charge in [-0.1, -0.05) is 60.7 Å². The lowest BCUT2D eigenvalue weighted by molar-refractivity contribution is -0.162. The van der Waals surface area contributed by atoms with Crippen LogP contribution in [-0.4, -0.2) is 29.5 Å². The average Bonchev–Trinajstić information content (AvgIpc) is 2.61. The summed E-state index contributed by atoms with van der Waals surface area (Å²) >= 11 is 0. The average molecular weight is 315 g/mol. The molecule has 3 atom stereocenters. The highest BCUT2D eigenvalue weighted by atomic mass is 16.6. The van der Waals surface area contributed by atoms with Gasteiger partial charge in [-0.15, -0.1) is 0 Å². The van der Waals surface area contributed by atoms with E-state index in [1.54, 1.807) is 49.5 Å². The maximum Gasteiger partial charge on any atom is 0.341 e. The lowest BCUT2D eigenvalue weighted by Gasteiger charge is -2.22. The summed E-state index contributed by atoms with van der Waals surface area (Å²) in [4.78, 5) is 12.0. The van der Waals surface area contributed by atoms with Crippen LogP contribution in [0.5, 0.6) is 0 Å². The molecule has 5 heteroatoms. The largest absolute Gasteiger partial charge is 0.444 e. The Morgan fingerprint density at radius 2 is 1.52 bits per heavy atom. The summed E-state index contributed by atoms with van der Waals surface area (Å²) in [5.74, 6) is -0.754. The van der Waals surface area contributed by atoms with Crippen molar-refractivity contribution in [1.82, 2.24) is 5.32 Å². The summed E-state index contributed by atoms with van der Waals surface area (Å²) < 4.78 is 5.25. The third-order valence-corrected chi connectivity index (χ3v) is 3.54. The quantitative estimate of drug-likeness (QED) is 0.537. The van der Waals surface area contributed by atoms with Crippen molar-refractivity contribution in [2.24, 2.45) is 0 Å². The first-order valence-corrected chi connectivity index (χ1v) is 7.45. The van der Waals surface area contributed by atoms with Crippen molar-refractivity contribution in [2.75, 3.05) is 7.05 Å². The number of ether oxygens (including phenoxy) is 1. The third kappa shape index (κ3) is 4.89. The number of hydrogen-bond donors (Lipinski definition) is 3. The molecule has 0 saturated carbocycles. The summed E-state index contributed by atoms with van der Waals surface area (Å²) in [6.45, 7) is 0. The van der Waals surface area contributed by atoms with Gasteiger partial charge < -0.3 is 14.9 Å². The first-order chi connectivity index (χ1) is 11.1. The fourth-order valence-electron chi connectivity index (χ4n) is 2.22. The Labute approximate surface area is 135 Å². The van der Waals surface area contributed by atoms with Crippen LogP contribution < -0.4 is 5.32 Å². The molecule has 0 aliphatic carbocycles. The third-order valence-electron chi connectivity index (χ3n) is 3.54. The van der Waals surface area contributed by atoms with E-state index in [1.165, 1.54) is 0 Å². The van der Waals surface area contributed by atoms with Crippen molar-refractivity contribution in [3.05, 3.63) is 71.8 Å². The summed E-state index contributed by atoms with van der Waals surface area (Å²) in [5.41, 5.74) is 1.21. The second-order valence-corrected chi connectivity index (χ2v) is 5.19. The first kappa shape index (κ1) is 17.1. The monoisotopic (exact) mass is 315 g/mol. The van der Waals surface area contributed by atoms with E-state index in [2.05, 4.69) is 5.32 Å². The molecular formula is C18H21NO4. The predicted octanol–water partition coefficient (Wildman–Crippen LogP) is 1.93. The van der Waals surface area contributed by atoms with Crippen molar-refractivity contribution in [3.63, 3.8) is 0 Å². The molecule has 0 aromatic heterocycles. The van der Waals surface area contributed by atoms with E-state index in [1.807, 2.05) is 18.2 Å². The Balaban J connectivity index is 1.95. The lowest BCUT2D eigenvalue weighted by atomic mass is 10.1. The number of aliphatic hydroxyl groups excluding tert-OH is 2. The molecule has 0 heterocycles. The highest BCUT2D eigenvalue weighted by molar-refractivity contribution is 5.76. The summed E-state index contributed by atoms with van der Waals surface area (Å²) in [5, 5.41) is 23.0. The van der Waals surface area contributed by atoms with E-state index in [0.29, 0.717) is 5.56 Å². The number of esters is 1. The van der Waals surface area contributed by atoms with Crippen LogP contribution in [0.2, 0.25) is 0 Å². The van der Waals surface area contributed by atoms with Gasteiger partial charge in [0, 0.05) is 6.42 Å². The van der Waals surface area contributed by atoms with Crippen molar-refractivity contribution in [2.45, 2.75) is 24.9 Å². The molecule has 23 heavy (non-hydrogen) atoms. The molecule has 0 amide bonds. The lowest BCUT2D eigenvalue weighted by Crippen LogP contribution is -2.34. The van der Waals surface area contributed by atoms with E-state index in [9.17, 15) is 15.0 Å². The number of hydrogen-bond acceptors (Lipinski definition) is 5. The second-order valence-electron chi connectivity index (χ2n) is 5.19. The van der Waals surface area contributed by atoms with Gasteiger partial charge in [-0.3, -0.25) is 5.32 Å². The molecule has 2 aromatic carbocycles. The molecule has 1 unspecified atom stereocenters. The van der Waals surface area contributed by atoms with Crippen molar-refractivity contribution < 1.29 is 19.7 Å². The van der Waals surface area contributed by atoms with Crippen LogP contribution in [0.4, 0.5) is 0 Å². The second kappa shape index (κ2) is 8.43. The molecule has 2 rings (SSSR count). The Hall–Kier alpha value is -2.21. The summed E-state index contributed by atoms with van der Waals surface area (Å²) in [6.07, 6.45) is -2.62. The smallest absolute Gasteiger partial charge is 0.341 e.